The van der Waals surface area contributed by atoms with Gasteiger partial charge in [-0.2, -0.15) is 5.10 Å². The molecule has 0 bridgehead atoms. The molecular weight excluding hydrogens is 406 g/mol. The molecule has 2 aromatic heterocycles. The molecule has 1 saturated heterocycles. The molecule has 0 spiro atoms. The van der Waals surface area contributed by atoms with Gasteiger partial charge in [0.05, 0.1) is 30.1 Å². The smallest absolute Gasteiger partial charge is 0.257 e. The zero-order valence-corrected chi connectivity index (χ0v) is 17.9. The van der Waals surface area contributed by atoms with E-state index in [2.05, 4.69) is 12.1 Å². The normalized spacial score (nSPS) is 16.4. The van der Waals surface area contributed by atoms with Crippen molar-refractivity contribution in [2.75, 3.05) is 19.7 Å². The summed E-state index contributed by atoms with van der Waals surface area (Å²) in [6.45, 7) is 2.27. The number of benzene rings is 2. The van der Waals surface area contributed by atoms with E-state index in [4.69, 9.17) is 9.84 Å². The van der Waals surface area contributed by atoms with E-state index in [0.29, 0.717) is 31.8 Å². The van der Waals surface area contributed by atoms with Crippen LogP contribution >= 0.6 is 11.3 Å². The van der Waals surface area contributed by atoms with Crippen LogP contribution in [-0.2, 0) is 11.3 Å². The van der Waals surface area contributed by atoms with Crippen LogP contribution in [0.15, 0.2) is 84.4 Å². The van der Waals surface area contributed by atoms with Crippen LogP contribution in [0.25, 0.3) is 10.6 Å². The van der Waals surface area contributed by atoms with E-state index < -0.39 is 0 Å². The summed E-state index contributed by atoms with van der Waals surface area (Å²) in [5.41, 5.74) is 3.64. The first kappa shape index (κ1) is 19.7. The minimum Gasteiger partial charge on any atom is -0.370 e. The molecule has 1 amide bonds. The topological polar surface area (TPSA) is 47.4 Å². The maximum atomic E-state index is 13.6. The van der Waals surface area contributed by atoms with Crippen LogP contribution < -0.4 is 0 Å². The van der Waals surface area contributed by atoms with Gasteiger partial charge in [0.2, 0.25) is 0 Å². The van der Waals surface area contributed by atoms with Crippen molar-refractivity contribution in [1.29, 1.82) is 0 Å². The van der Waals surface area contributed by atoms with Crippen molar-refractivity contribution in [3.63, 3.8) is 0 Å². The van der Waals surface area contributed by atoms with E-state index in [0.717, 1.165) is 21.7 Å². The third-order valence-electron chi connectivity index (χ3n) is 5.46. The van der Waals surface area contributed by atoms with Crippen LogP contribution in [0.2, 0.25) is 0 Å². The standard InChI is InChI=1S/C25H23N3O2S/c29-25(27-13-14-30-22(18-27)20-10-5-2-6-11-20)21-17-28(16-19-8-3-1-4-9-19)26-24(21)23-12-7-15-31-23/h1-12,15,17,22H,13-14,16,18H2/t22-/m1/s1. The highest BCUT2D eigenvalue weighted by Gasteiger charge is 2.29. The summed E-state index contributed by atoms with van der Waals surface area (Å²) in [4.78, 5) is 16.5. The third kappa shape index (κ3) is 4.31. The second-order valence-electron chi connectivity index (χ2n) is 7.57. The highest BCUT2D eigenvalue weighted by atomic mass is 32.1. The van der Waals surface area contributed by atoms with Crippen LogP contribution in [0.1, 0.15) is 27.6 Å². The van der Waals surface area contributed by atoms with Crippen molar-refractivity contribution in [2.45, 2.75) is 12.6 Å². The number of morpholine rings is 1. The molecule has 5 rings (SSSR count). The second-order valence-corrected chi connectivity index (χ2v) is 8.52. The molecule has 0 N–H and O–H groups in total. The molecule has 1 atom stereocenters. The minimum atomic E-state index is -0.108. The number of amides is 1. The van der Waals surface area contributed by atoms with Gasteiger partial charge in [0.15, 0.2) is 0 Å². The Morgan fingerprint density at radius 3 is 2.55 bits per heavy atom. The van der Waals surface area contributed by atoms with Gasteiger partial charge in [0.25, 0.3) is 5.91 Å². The van der Waals surface area contributed by atoms with Crippen LogP contribution in [0, 0.1) is 0 Å². The molecular formula is C25H23N3O2S. The zero-order chi connectivity index (χ0) is 21.0. The fourth-order valence-electron chi connectivity index (χ4n) is 3.90. The molecule has 2 aromatic carbocycles. The molecule has 0 aliphatic carbocycles. The van der Waals surface area contributed by atoms with Gasteiger partial charge in [-0.05, 0) is 22.6 Å². The van der Waals surface area contributed by atoms with Gasteiger partial charge in [0.1, 0.15) is 11.8 Å². The highest BCUT2D eigenvalue weighted by molar-refractivity contribution is 7.13. The summed E-state index contributed by atoms with van der Waals surface area (Å²) in [6.07, 6.45) is 1.78. The Hall–Kier alpha value is -3.22. The Labute approximate surface area is 185 Å². The van der Waals surface area contributed by atoms with E-state index in [1.807, 2.05) is 81.8 Å². The number of carbonyl (C=O) groups excluding carboxylic acids is 1. The molecule has 0 radical (unpaired) electrons. The lowest BCUT2D eigenvalue weighted by molar-refractivity contribution is -0.0228. The van der Waals surface area contributed by atoms with E-state index >= 15 is 0 Å². The molecule has 0 saturated carbocycles. The lowest BCUT2D eigenvalue weighted by Gasteiger charge is -2.33. The number of ether oxygens (including phenoxy) is 1. The molecule has 1 aliphatic heterocycles. The van der Waals surface area contributed by atoms with Crippen molar-refractivity contribution >= 4 is 17.2 Å². The van der Waals surface area contributed by atoms with Crippen LogP contribution in [0.3, 0.4) is 0 Å². The quantitative estimate of drug-likeness (QED) is 0.455. The summed E-state index contributed by atoms with van der Waals surface area (Å²) in [7, 11) is 0. The van der Waals surface area contributed by atoms with Crippen molar-refractivity contribution < 1.29 is 9.53 Å². The Morgan fingerprint density at radius 1 is 1.03 bits per heavy atom. The zero-order valence-electron chi connectivity index (χ0n) is 17.1. The van der Waals surface area contributed by atoms with Gasteiger partial charge >= 0.3 is 0 Å². The Kier molecular flexibility index (Phi) is 5.65. The predicted molar refractivity (Wildman–Crippen MR) is 122 cm³/mol. The van der Waals surface area contributed by atoms with Crippen molar-refractivity contribution in [3.05, 3.63) is 101 Å². The average Bonchev–Trinajstić information content (AvgIpc) is 3.50. The summed E-state index contributed by atoms with van der Waals surface area (Å²) < 4.78 is 7.82. The molecule has 5 nitrogen and oxygen atoms in total. The first-order valence-electron chi connectivity index (χ1n) is 10.4. The number of rotatable bonds is 5. The first-order valence-corrected chi connectivity index (χ1v) is 11.3. The molecule has 31 heavy (non-hydrogen) atoms. The fourth-order valence-corrected chi connectivity index (χ4v) is 4.62. The molecule has 3 heterocycles. The Morgan fingerprint density at radius 2 is 1.81 bits per heavy atom. The van der Waals surface area contributed by atoms with Crippen molar-refractivity contribution in [2.24, 2.45) is 0 Å². The fraction of sp³-hybridized carbons (Fsp3) is 0.200. The maximum absolute atomic E-state index is 13.6. The summed E-state index contributed by atoms with van der Waals surface area (Å²) in [5, 5.41) is 6.80. The van der Waals surface area contributed by atoms with Gasteiger partial charge in [-0.25, -0.2) is 0 Å². The molecule has 1 aliphatic rings. The lowest BCUT2D eigenvalue weighted by Crippen LogP contribution is -2.42. The van der Waals surface area contributed by atoms with Crippen LogP contribution in [-0.4, -0.2) is 40.3 Å². The van der Waals surface area contributed by atoms with Gasteiger partial charge in [-0.1, -0.05) is 66.7 Å². The summed E-state index contributed by atoms with van der Waals surface area (Å²) in [5.74, 6) is 0.00643. The Bertz CT molecular complexity index is 1140. The maximum Gasteiger partial charge on any atom is 0.257 e. The van der Waals surface area contributed by atoms with Crippen molar-refractivity contribution in [1.82, 2.24) is 14.7 Å². The summed E-state index contributed by atoms with van der Waals surface area (Å²) >= 11 is 1.60. The van der Waals surface area contributed by atoms with E-state index in [9.17, 15) is 4.79 Å². The minimum absolute atomic E-state index is 0.00643. The summed E-state index contributed by atoms with van der Waals surface area (Å²) in [6, 6.07) is 24.3. The molecule has 1 fully saturated rings. The second kappa shape index (κ2) is 8.88. The number of hydrogen-bond donors (Lipinski definition) is 0. The van der Waals surface area contributed by atoms with E-state index in [1.165, 1.54) is 0 Å². The Balaban J connectivity index is 1.43. The molecule has 156 valence electrons. The lowest BCUT2D eigenvalue weighted by atomic mass is 10.1. The van der Waals surface area contributed by atoms with Crippen LogP contribution in [0.4, 0.5) is 0 Å². The number of thiophene rings is 1. The SMILES string of the molecule is O=C(c1cn(Cc2ccccc2)nc1-c1cccs1)N1CCO[C@@H](c2ccccc2)C1. The van der Waals surface area contributed by atoms with Gasteiger partial charge in [0, 0.05) is 12.7 Å². The molecule has 6 heteroatoms. The third-order valence-corrected chi connectivity index (χ3v) is 6.34. The average molecular weight is 430 g/mol. The van der Waals surface area contributed by atoms with Gasteiger partial charge in [-0.15, -0.1) is 11.3 Å². The number of nitrogens with zero attached hydrogens (tertiary/aromatic N) is 3. The van der Waals surface area contributed by atoms with Crippen LogP contribution in [0.5, 0.6) is 0 Å². The predicted octanol–water partition coefficient (Wildman–Crippen LogP) is 4.87. The van der Waals surface area contributed by atoms with Gasteiger partial charge < -0.3 is 9.64 Å². The van der Waals surface area contributed by atoms with Gasteiger partial charge in [-0.3, -0.25) is 9.48 Å². The van der Waals surface area contributed by atoms with Crippen molar-refractivity contribution in [3.8, 4) is 10.6 Å². The number of hydrogen-bond acceptors (Lipinski definition) is 4. The number of aromatic nitrogens is 2. The van der Waals surface area contributed by atoms with E-state index in [1.54, 1.807) is 11.3 Å². The largest absolute Gasteiger partial charge is 0.370 e. The first-order chi connectivity index (χ1) is 15.3. The number of carbonyl (C=O) groups is 1. The molecule has 0 unspecified atom stereocenters. The van der Waals surface area contributed by atoms with E-state index in [-0.39, 0.29) is 12.0 Å². The molecule has 4 aromatic rings. The monoisotopic (exact) mass is 429 g/mol. The highest BCUT2D eigenvalue weighted by Crippen LogP contribution is 2.29.